The Labute approximate surface area is 149 Å². The molecule has 3 fully saturated rings. The third-order valence-electron chi connectivity index (χ3n) is 6.37. The maximum absolute atomic E-state index is 12.9. The van der Waals surface area contributed by atoms with Crippen LogP contribution in [-0.2, 0) is 9.59 Å². The van der Waals surface area contributed by atoms with E-state index in [2.05, 4.69) is 33.4 Å². The SMILES string of the molecule is Cc1cc(Br)ccc1NCN1C(=O)[C@@H]2[C@H]3C=C[C@H]([C@H]4C[C@H]34)[C@@H]2C1=O. The highest BCUT2D eigenvalue weighted by atomic mass is 79.9. The van der Waals surface area contributed by atoms with Gasteiger partial charge in [0.05, 0.1) is 18.5 Å². The summed E-state index contributed by atoms with van der Waals surface area (Å²) in [5.74, 6) is 1.73. The van der Waals surface area contributed by atoms with Gasteiger partial charge in [-0.05, 0) is 60.8 Å². The van der Waals surface area contributed by atoms with Crippen LogP contribution >= 0.6 is 15.9 Å². The summed E-state index contributed by atoms with van der Waals surface area (Å²) >= 11 is 3.45. The molecule has 2 amide bonds. The van der Waals surface area contributed by atoms with Crippen molar-refractivity contribution in [2.45, 2.75) is 13.3 Å². The van der Waals surface area contributed by atoms with E-state index in [1.54, 1.807) is 0 Å². The highest BCUT2D eigenvalue weighted by Gasteiger charge is 2.66. The van der Waals surface area contributed by atoms with E-state index in [1.807, 2.05) is 25.1 Å². The summed E-state index contributed by atoms with van der Waals surface area (Å²) in [5.41, 5.74) is 2.04. The van der Waals surface area contributed by atoms with Crippen LogP contribution in [0.5, 0.6) is 0 Å². The van der Waals surface area contributed by atoms with E-state index in [0.29, 0.717) is 23.7 Å². The van der Waals surface area contributed by atoms with Crippen LogP contribution in [0.2, 0.25) is 0 Å². The van der Waals surface area contributed by atoms with Crippen LogP contribution < -0.4 is 5.32 Å². The normalized spacial score (nSPS) is 38.3. The quantitative estimate of drug-likeness (QED) is 0.640. The van der Waals surface area contributed by atoms with Crippen molar-refractivity contribution in [1.29, 1.82) is 0 Å². The molecule has 0 radical (unpaired) electrons. The lowest BCUT2D eigenvalue weighted by atomic mass is 9.63. The van der Waals surface area contributed by atoms with Crippen LogP contribution in [0.1, 0.15) is 12.0 Å². The first kappa shape index (κ1) is 14.7. The van der Waals surface area contributed by atoms with Crippen LogP contribution in [0.15, 0.2) is 34.8 Å². The maximum atomic E-state index is 12.9. The first-order chi connectivity index (χ1) is 11.6. The van der Waals surface area contributed by atoms with Gasteiger partial charge >= 0.3 is 0 Å². The molecular weight excluding hydrogens is 368 g/mol. The molecule has 1 aromatic carbocycles. The van der Waals surface area contributed by atoms with E-state index in [0.717, 1.165) is 15.7 Å². The number of nitrogens with one attached hydrogen (secondary N) is 1. The van der Waals surface area contributed by atoms with Crippen molar-refractivity contribution < 1.29 is 9.59 Å². The number of rotatable bonds is 3. The number of anilines is 1. The molecule has 24 heavy (non-hydrogen) atoms. The molecular formula is C19H19BrN2O2. The number of hydrogen-bond donors (Lipinski definition) is 1. The summed E-state index contributed by atoms with van der Waals surface area (Å²) in [4.78, 5) is 27.2. The number of allylic oxidation sites excluding steroid dienone is 2. The Kier molecular flexibility index (Phi) is 3.03. The van der Waals surface area contributed by atoms with Crippen molar-refractivity contribution in [2.75, 3.05) is 12.0 Å². The van der Waals surface area contributed by atoms with Gasteiger partial charge in [-0.1, -0.05) is 28.1 Å². The standard InChI is InChI=1S/C19H19BrN2O2/c1-9-6-10(20)2-5-15(9)21-8-22-18(23)16-11-3-4-12(14-7-13(11)14)17(16)19(22)24/h2-6,11-14,16-17,21H,7-8H2,1H3/t11-,12+,13-,14-,16+,17-/m1/s1. The zero-order chi connectivity index (χ0) is 16.6. The van der Waals surface area contributed by atoms with Crippen molar-refractivity contribution in [1.82, 2.24) is 4.90 Å². The number of amides is 2. The van der Waals surface area contributed by atoms with E-state index < -0.39 is 0 Å². The molecule has 1 aromatic rings. The molecule has 1 aliphatic heterocycles. The number of halogens is 1. The molecule has 5 heteroatoms. The van der Waals surface area contributed by atoms with E-state index >= 15 is 0 Å². The zero-order valence-corrected chi connectivity index (χ0v) is 15.0. The van der Waals surface area contributed by atoms with Gasteiger partial charge in [0, 0.05) is 10.2 Å². The Bertz CT molecular complexity index is 754. The molecule has 124 valence electrons. The van der Waals surface area contributed by atoms with E-state index in [4.69, 9.17) is 0 Å². The number of aryl methyl sites for hydroxylation is 1. The van der Waals surface area contributed by atoms with Crippen molar-refractivity contribution in [3.8, 4) is 0 Å². The second-order valence-corrected chi connectivity index (χ2v) is 8.47. The number of carbonyl (C=O) groups is 2. The van der Waals surface area contributed by atoms with Gasteiger partial charge in [-0.15, -0.1) is 0 Å². The van der Waals surface area contributed by atoms with Crippen LogP contribution in [0.25, 0.3) is 0 Å². The minimum absolute atomic E-state index is 0.0250. The van der Waals surface area contributed by atoms with Crippen LogP contribution in [0.4, 0.5) is 5.69 Å². The van der Waals surface area contributed by atoms with Gasteiger partial charge in [0.25, 0.3) is 0 Å². The third-order valence-corrected chi connectivity index (χ3v) is 6.86. The number of carbonyl (C=O) groups excluding carboxylic acids is 2. The van der Waals surface area contributed by atoms with Crippen molar-refractivity contribution in [2.24, 2.45) is 35.5 Å². The predicted molar refractivity (Wildman–Crippen MR) is 93.9 cm³/mol. The van der Waals surface area contributed by atoms with Crippen LogP contribution in [0, 0.1) is 42.4 Å². The van der Waals surface area contributed by atoms with Gasteiger partial charge in [-0.2, -0.15) is 0 Å². The Hall–Kier alpha value is -1.62. The molecule has 1 heterocycles. The lowest BCUT2D eigenvalue weighted by Crippen LogP contribution is -2.40. The second kappa shape index (κ2) is 4.94. The minimum atomic E-state index is -0.107. The Morgan fingerprint density at radius 2 is 1.75 bits per heavy atom. The first-order valence-corrected chi connectivity index (χ1v) is 9.39. The fourth-order valence-electron chi connectivity index (χ4n) is 5.16. The van der Waals surface area contributed by atoms with Gasteiger partial charge in [0.1, 0.15) is 0 Å². The highest BCUT2D eigenvalue weighted by Crippen LogP contribution is 2.65. The number of nitrogens with zero attached hydrogens (tertiary/aromatic N) is 1. The van der Waals surface area contributed by atoms with E-state index in [1.165, 1.54) is 11.3 Å². The summed E-state index contributed by atoms with van der Waals surface area (Å²) in [6.45, 7) is 2.28. The van der Waals surface area contributed by atoms with Crippen molar-refractivity contribution in [3.05, 3.63) is 40.4 Å². The molecule has 1 N–H and O–H groups in total. The number of hydrogen-bond acceptors (Lipinski definition) is 3. The lowest BCUT2D eigenvalue weighted by molar-refractivity contribution is -0.139. The van der Waals surface area contributed by atoms with Crippen molar-refractivity contribution in [3.63, 3.8) is 0 Å². The predicted octanol–water partition coefficient (Wildman–Crippen LogP) is 3.18. The molecule has 1 saturated heterocycles. The summed E-state index contributed by atoms with van der Waals surface area (Å²) in [7, 11) is 0. The lowest BCUT2D eigenvalue weighted by Gasteiger charge is -2.37. The molecule has 0 spiro atoms. The largest absolute Gasteiger partial charge is 0.367 e. The topological polar surface area (TPSA) is 49.4 Å². The van der Waals surface area contributed by atoms with Crippen LogP contribution in [0.3, 0.4) is 0 Å². The fraction of sp³-hybridized carbons (Fsp3) is 0.474. The van der Waals surface area contributed by atoms with Crippen LogP contribution in [-0.4, -0.2) is 23.4 Å². The Morgan fingerprint density at radius 1 is 1.12 bits per heavy atom. The summed E-state index contributed by atoms with van der Waals surface area (Å²) in [5, 5.41) is 3.27. The van der Waals surface area contributed by atoms with Crippen molar-refractivity contribution >= 4 is 33.4 Å². The van der Waals surface area contributed by atoms with Gasteiger partial charge in [-0.3, -0.25) is 14.5 Å². The zero-order valence-electron chi connectivity index (χ0n) is 13.4. The number of likely N-dealkylation sites (tertiary alicyclic amines) is 1. The molecule has 0 unspecified atom stereocenters. The highest BCUT2D eigenvalue weighted by molar-refractivity contribution is 9.10. The Balaban J connectivity index is 1.37. The second-order valence-electron chi connectivity index (χ2n) is 7.55. The number of imide groups is 1. The van der Waals surface area contributed by atoms with Gasteiger partial charge in [-0.25, -0.2) is 0 Å². The first-order valence-electron chi connectivity index (χ1n) is 8.60. The summed E-state index contributed by atoms with van der Waals surface area (Å²) in [6, 6.07) is 5.95. The van der Waals surface area contributed by atoms with Gasteiger partial charge < -0.3 is 5.32 Å². The molecule has 2 bridgehead atoms. The molecule has 4 nitrogen and oxygen atoms in total. The van der Waals surface area contributed by atoms with Gasteiger partial charge in [0.15, 0.2) is 0 Å². The maximum Gasteiger partial charge on any atom is 0.235 e. The summed E-state index contributed by atoms with van der Waals surface area (Å²) in [6.07, 6.45) is 5.62. The number of benzene rings is 1. The van der Waals surface area contributed by atoms with E-state index in [9.17, 15) is 9.59 Å². The third kappa shape index (κ3) is 1.91. The molecule has 2 saturated carbocycles. The van der Waals surface area contributed by atoms with Gasteiger partial charge in [0.2, 0.25) is 11.8 Å². The Morgan fingerprint density at radius 3 is 2.33 bits per heavy atom. The fourth-order valence-corrected chi connectivity index (χ4v) is 5.64. The minimum Gasteiger partial charge on any atom is -0.367 e. The monoisotopic (exact) mass is 386 g/mol. The molecule has 5 aliphatic rings. The smallest absolute Gasteiger partial charge is 0.235 e. The van der Waals surface area contributed by atoms with E-state index in [-0.39, 0.29) is 30.3 Å². The molecule has 6 atom stereocenters. The molecule has 6 rings (SSSR count). The average Bonchev–Trinajstić information content (AvgIpc) is 3.33. The summed E-state index contributed by atoms with van der Waals surface area (Å²) < 4.78 is 1.02. The average molecular weight is 387 g/mol. The molecule has 4 aliphatic carbocycles. The molecule has 0 aromatic heterocycles.